The van der Waals surface area contributed by atoms with Crippen LogP contribution >= 0.6 is 0 Å². The topological polar surface area (TPSA) is 66.3 Å². The van der Waals surface area contributed by atoms with E-state index >= 15 is 0 Å². The lowest BCUT2D eigenvalue weighted by Crippen LogP contribution is -2.40. The van der Waals surface area contributed by atoms with Gasteiger partial charge >= 0.3 is 5.97 Å². The number of piperazine rings is 1. The van der Waals surface area contributed by atoms with Gasteiger partial charge in [-0.25, -0.2) is 4.79 Å². The Morgan fingerprint density at radius 3 is 2.56 bits per heavy atom. The van der Waals surface area contributed by atoms with Gasteiger partial charge in [0.25, 0.3) is 0 Å². The van der Waals surface area contributed by atoms with Crippen molar-refractivity contribution in [2.75, 3.05) is 33.3 Å². The van der Waals surface area contributed by atoms with Gasteiger partial charge in [0.2, 0.25) is 0 Å². The first-order chi connectivity index (χ1) is 8.79. The summed E-state index contributed by atoms with van der Waals surface area (Å²) in [5, 5.41) is 13.4. The van der Waals surface area contributed by atoms with Gasteiger partial charge in [0.05, 0.1) is 31.5 Å². The molecule has 0 atom stereocenters. The van der Waals surface area contributed by atoms with Crippen LogP contribution in [0.5, 0.6) is 0 Å². The van der Waals surface area contributed by atoms with Crippen LogP contribution in [0.15, 0.2) is 34.6 Å². The lowest BCUT2D eigenvalue weighted by atomic mass is 10.2. The third-order valence-corrected chi connectivity index (χ3v) is 2.67. The molecule has 2 rings (SSSR count). The molecule has 96 valence electrons. The SMILES string of the molecule is COC(=O)c1ccc(/N=N/N2CCNCC2)cc1. The van der Waals surface area contributed by atoms with Crippen LogP contribution in [0, 0.1) is 0 Å². The van der Waals surface area contributed by atoms with Gasteiger partial charge < -0.3 is 10.1 Å². The van der Waals surface area contributed by atoms with Crippen LogP contribution < -0.4 is 5.32 Å². The van der Waals surface area contributed by atoms with E-state index in [2.05, 4.69) is 20.4 Å². The molecule has 0 radical (unpaired) electrons. The molecule has 1 heterocycles. The number of carbonyl (C=O) groups is 1. The van der Waals surface area contributed by atoms with E-state index in [9.17, 15) is 4.79 Å². The summed E-state index contributed by atoms with van der Waals surface area (Å²) < 4.78 is 4.62. The molecule has 1 saturated heterocycles. The molecular formula is C12H16N4O2. The van der Waals surface area contributed by atoms with Gasteiger partial charge in [-0.1, -0.05) is 5.22 Å². The summed E-state index contributed by atoms with van der Waals surface area (Å²) in [5.74, 6) is -0.347. The van der Waals surface area contributed by atoms with Gasteiger partial charge in [-0.15, -0.1) is 5.11 Å². The van der Waals surface area contributed by atoms with Gasteiger partial charge in [0.15, 0.2) is 0 Å². The van der Waals surface area contributed by atoms with E-state index in [-0.39, 0.29) is 5.97 Å². The minimum atomic E-state index is -0.347. The van der Waals surface area contributed by atoms with Crippen LogP contribution in [0.4, 0.5) is 5.69 Å². The molecule has 6 nitrogen and oxygen atoms in total. The Balaban J connectivity index is 1.97. The molecule has 0 bridgehead atoms. The molecule has 0 saturated carbocycles. The van der Waals surface area contributed by atoms with E-state index in [0.29, 0.717) is 5.56 Å². The fraction of sp³-hybridized carbons (Fsp3) is 0.417. The monoisotopic (exact) mass is 248 g/mol. The van der Waals surface area contributed by atoms with E-state index in [1.54, 1.807) is 24.3 Å². The van der Waals surface area contributed by atoms with Crippen LogP contribution in [-0.4, -0.2) is 44.3 Å². The number of nitrogens with zero attached hydrogens (tertiary/aromatic N) is 3. The number of ether oxygens (including phenoxy) is 1. The average Bonchev–Trinajstić information content (AvgIpc) is 2.46. The Labute approximate surface area is 106 Å². The third kappa shape index (κ3) is 3.27. The van der Waals surface area contributed by atoms with Crippen LogP contribution in [-0.2, 0) is 4.74 Å². The Bertz CT molecular complexity index is 424. The maximum atomic E-state index is 11.2. The molecule has 0 aromatic heterocycles. The van der Waals surface area contributed by atoms with Crippen molar-refractivity contribution in [3.63, 3.8) is 0 Å². The van der Waals surface area contributed by atoms with Crippen LogP contribution in [0.2, 0.25) is 0 Å². The highest BCUT2D eigenvalue weighted by atomic mass is 16.5. The van der Waals surface area contributed by atoms with E-state index in [4.69, 9.17) is 0 Å². The number of esters is 1. The highest BCUT2D eigenvalue weighted by molar-refractivity contribution is 5.89. The lowest BCUT2D eigenvalue weighted by Gasteiger charge is -2.22. The van der Waals surface area contributed by atoms with Crippen molar-refractivity contribution in [1.82, 2.24) is 10.3 Å². The highest BCUT2D eigenvalue weighted by Gasteiger charge is 2.07. The van der Waals surface area contributed by atoms with E-state index < -0.39 is 0 Å². The third-order valence-electron chi connectivity index (χ3n) is 2.67. The largest absolute Gasteiger partial charge is 0.465 e. The molecule has 1 N–H and O–H groups in total. The van der Waals surface area contributed by atoms with Crippen LogP contribution in [0.3, 0.4) is 0 Å². The second-order valence-electron chi connectivity index (χ2n) is 3.93. The minimum Gasteiger partial charge on any atom is -0.465 e. The molecule has 1 fully saturated rings. The average molecular weight is 248 g/mol. The molecular weight excluding hydrogens is 232 g/mol. The predicted molar refractivity (Wildman–Crippen MR) is 66.7 cm³/mol. The summed E-state index contributed by atoms with van der Waals surface area (Å²) in [5.41, 5.74) is 1.24. The molecule has 0 aliphatic carbocycles. The van der Waals surface area contributed by atoms with Crippen molar-refractivity contribution in [3.05, 3.63) is 29.8 Å². The second-order valence-corrected chi connectivity index (χ2v) is 3.93. The summed E-state index contributed by atoms with van der Waals surface area (Å²) in [7, 11) is 1.36. The summed E-state index contributed by atoms with van der Waals surface area (Å²) in [4.78, 5) is 11.2. The molecule has 6 heteroatoms. The molecule has 18 heavy (non-hydrogen) atoms. The molecule has 1 aliphatic rings. The van der Waals surface area contributed by atoms with Gasteiger partial charge in [-0.05, 0) is 24.3 Å². The normalized spacial score (nSPS) is 15.9. The smallest absolute Gasteiger partial charge is 0.337 e. The maximum absolute atomic E-state index is 11.2. The van der Waals surface area contributed by atoms with E-state index in [0.717, 1.165) is 31.9 Å². The van der Waals surface area contributed by atoms with Crippen molar-refractivity contribution in [2.45, 2.75) is 0 Å². The van der Waals surface area contributed by atoms with Crippen molar-refractivity contribution < 1.29 is 9.53 Å². The molecule has 1 aromatic carbocycles. The molecule has 1 aromatic rings. The minimum absolute atomic E-state index is 0.347. The summed E-state index contributed by atoms with van der Waals surface area (Å²) >= 11 is 0. The van der Waals surface area contributed by atoms with Gasteiger partial charge in [-0.2, -0.15) is 0 Å². The maximum Gasteiger partial charge on any atom is 0.337 e. The van der Waals surface area contributed by atoms with E-state index in [1.165, 1.54) is 7.11 Å². The molecule has 0 unspecified atom stereocenters. The summed E-state index contributed by atoms with van der Waals surface area (Å²) in [6.45, 7) is 3.59. The zero-order valence-electron chi connectivity index (χ0n) is 10.3. The second kappa shape index (κ2) is 6.11. The zero-order chi connectivity index (χ0) is 12.8. The fourth-order valence-corrected chi connectivity index (χ4v) is 1.64. The highest BCUT2D eigenvalue weighted by Crippen LogP contribution is 2.14. The molecule has 1 aliphatic heterocycles. The summed E-state index contributed by atoms with van der Waals surface area (Å²) in [6, 6.07) is 6.85. The standard InChI is InChI=1S/C12H16N4O2/c1-18-12(17)10-2-4-11(5-3-10)14-15-16-8-6-13-7-9-16/h2-5,13H,6-9H2,1H3/b15-14+. The Morgan fingerprint density at radius 1 is 1.28 bits per heavy atom. The van der Waals surface area contributed by atoms with Crippen LogP contribution in [0.1, 0.15) is 10.4 Å². The Hall–Kier alpha value is -1.95. The fourth-order valence-electron chi connectivity index (χ4n) is 1.64. The number of hydrogen-bond acceptors (Lipinski definition) is 5. The van der Waals surface area contributed by atoms with Crippen molar-refractivity contribution in [3.8, 4) is 0 Å². The van der Waals surface area contributed by atoms with Crippen molar-refractivity contribution >= 4 is 11.7 Å². The number of methoxy groups -OCH3 is 1. The van der Waals surface area contributed by atoms with Gasteiger partial charge in [0.1, 0.15) is 0 Å². The first-order valence-electron chi connectivity index (χ1n) is 5.85. The van der Waals surface area contributed by atoms with Crippen molar-refractivity contribution in [1.29, 1.82) is 0 Å². The number of rotatable bonds is 3. The first kappa shape index (κ1) is 12.5. The van der Waals surface area contributed by atoms with E-state index in [1.807, 2.05) is 5.01 Å². The zero-order valence-corrected chi connectivity index (χ0v) is 10.3. The number of benzene rings is 1. The Kier molecular flexibility index (Phi) is 4.25. The van der Waals surface area contributed by atoms with Gasteiger partial charge in [0, 0.05) is 13.1 Å². The lowest BCUT2D eigenvalue weighted by molar-refractivity contribution is 0.0601. The number of carbonyl (C=O) groups excluding carboxylic acids is 1. The predicted octanol–water partition coefficient (Wildman–Crippen LogP) is 1.38. The Morgan fingerprint density at radius 2 is 1.94 bits per heavy atom. The summed E-state index contributed by atoms with van der Waals surface area (Å²) in [6.07, 6.45) is 0. The van der Waals surface area contributed by atoms with Crippen LogP contribution in [0.25, 0.3) is 0 Å². The van der Waals surface area contributed by atoms with Crippen molar-refractivity contribution in [2.24, 2.45) is 10.3 Å². The van der Waals surface area contributed by atoms with Gasteiger partial charge in [-0.3, -0.25) is 5.01 Å². The quantitative estimate of drug-likeness (QED) is 0.648. The number of nitrogens with one attached hydrogen (secondary N) is 1. The first-order valence-corrected chi connectivity index (χ1v) is 5.85. The molecule has 0 amide bonds. The number of hydrogen-bond donors (Lipinski definition) is 1. The molecule has 0 spiro atoms.